The molecule has 178 valence electrons. The summed E-state index contributed by atoms with van der Waals surface area (Å²) in [6.07, 6.45) is 0. The molecule has 2 amide bonds. The van der Waals surface area contributed by atoms with Gasteiger partial charge in [-0.1, -0.05) is 47.5 Å². The molecule has 9 heteroatoms. The number of halogens is 3. The molecule has 35 heavy (non-hydrogen) atoms. The van der Waals surface area contributed by atoms with E-state index in [1.807, 2.05) is 0 Å². The highest BCUT2D eigenvalue weighted by molar-refractivity contribution is 6.31. The van der Waals surface area contributed by atoms with Gasteiger partial charge in [-0.05, 0) is 59.7 Å². The average Bonchev–Trinajstić information content (AvgIpc) is 3.35. The van der Waals surface area contributed by atoms with Crippen molar-refractivity contribution < 1.29 is 23.5 Å². The number of hydrogen-bond donors (Lipinski definition) is 1. The second-order valence-electron chi connectivity index (χ2n) is 8.46. The highest BCUT2D eigenvalue weighted by atomic mass is 35.5. The van der Waals surface area contributed by atoms with Gasteiger partial charge in [0.15, 0.2) is 0 Å². The highest BCUT2D eigenvalue weighted by Gasteiger charge is 2.68. The van der Waals surface area contributed by atoms with Crippen molar-refractivity contribution in [1.29, 1.82) is 0 Å². The lowest BCUT2D eigenvalue weighted by molar-refractivity contribution is -0.145. The lowest BCUT2D eigenvalue weighted by Gasteiger charge is -2.36. The lowest BCUT2D eigenvalue weighted by atomic mass is 9.72. The molecule has 0 radical (unpaired) electrons. The predicted molar refractivity (Wildman–Crippen MR) is 128 cm³/mol. The van der Waals surface area contributed by atoms with Crippen molar-refractivity contribution in [2.24, 2.45) is 11.8 Å². The first-order chi connectivity index (χ1) is 16.8. The Morgan fingerprint density at radius 2 is 1.40 bits per heavy atom. The number of ether oxygens (including phenoxy) is 1. The Labute approximate surface area is 210 Å². The van der Waals surface area contributed by atoms with Crippen molar-refractivity contribution in [3.8, 4) is 0 Å². The molecule has 2 heterocycles. The fourth-order valence-corrected chi connectivity index (χ4v) is 5.45. The fraction of sp³-hybridized carbons (Fsp3) is 0.192. The van der Waals surface area contributed by atoms with E-state index in [9.17, 15) is 18.8 Å². The van der Waals surface area contributed by atoms with Crippen molar-refractivity contribution in [3.63, 3.8) is 0 Å². The van der Waals surface area contributed by atoms with Crippen LogP contribution in [0.5, 0.6) is 0 Å². The molecule has 2 saturated heterocycles. The van der Waals surface area contributed by atoms with Crippen LogP contribution in [0.1, 0.15) is 11.1 Å². The normalized spacial score (nSPS) is 22.9. The summed E-state index contributed by atoms with van der Waals surface area (Å²) in [6, 6.07) is 17.7. The molecular weight excluding hydrogens is 494 g/mol. The maximum atomic E-state index is 14.0. The van der Waals surface area contributed by atoms with Crippen LogP contribution >= 0.6 is 23.2 Å². The van der Waals surface area contributed by atoms with Crippen LogP contribution in [0.4, 0.5) is 10.1 Å². The Morgan fingerprint density at radius 3 is 1.89 bits per heavy atom. The van der Waals surface area contributed by atoms with Gasteiger partial charge in [0.1, 0.15) is 11.9 Å². The highest BCUT2D eigenvalue weighted by Crippen LogP contribution is 2.52. The molecule has 2 fully saturated rings. The second kappa shape index (κ2) is 8.75. The minimum Gasteiger partial charge on any atom is -0.468 e. The number of esters is 1. The molecule has 0 bridgehead atoms. The number of anilines is 1. The summed E-state index contributed by atoms with van der Waals surface area (Å²) in [5, 5.41) is 4.26. The van der Waals surface area contributed by atoms with Crippen molar-refractivity contribution in [2.45, 2.75) is 11.6 Å². The summed E-state index contributed by atoms with van der Waals surface area (Å²) in [6.45, 7) is 0. The standard InChI is InChI=1S/C26H19Cl2FN2O4/c1-35-25(34)22-20-21(24(33)31(23(20)32)19-12-10-18(29)11-13-19)26(30-22,14-2-6-16(27)7-3-14)15-4-8-17(28)9-5-15/h2-13,20-22,30H,1H3. The minimum atomic E-state index is -1.28. The van der Waals surface area contributed by atoms with Crippen molar-refractivity contribution >= 4 is 46.7 Å². The number of nitrogens with one attached hydrogen (secondary N) is 1. The number of benzene rings is 3. The third-order valence-corrected chi connectivity index (χ3v) is 7.20. The number of rotatable bonds is 4. The zero-order chi connectivity index (χ0) is 24.9. The molecule has 6 nitrogen and oxygen atoms in total. The second-order valence-corrected chi connectivity index (χ2v) is 9.33. The molecular formula is C26H19Cl2FN2O4. The maximum absolute atomic E-state index is 14.0. The fourth-order valence-electron chi connectivity index (χ4n) is 5.20. The summed E-state index contributed by atoms with van der Waals surface area (Å²) in [4.78, 5) is 41.6. The summed E-state index contributed by atoms with van der Waals surface area (Å²) in [7, 11) is 1.22. The zero-order valence-corrected chi connectivity index (χ0v) is 19.9. The molecule has 3 aromatic carbocycles. The number of imide groups is 1. The smallest absolute Gasteiger partial charge is 0.323 e. The quantitative estimate of drug-likeness (QED) is 0.416. The number of nitrogens with zero attached hydrogens (tertiary/aromatic N) is 1. The van der Waals surface area contributed by atoms with E-state index >= 15 is 0 Å². The monoisotopic (exact) mass is 512 g/mol. The summed E-state index contributed by atoms with van der Waals surface area (Å²) < 4.78 is 18.6. The lowest BCUT2D eigenvalue weighted by Crippen LogP contribution is -2.51. The molecule has 1 N–H and O–H groups in total. The molecule has 0 saturated carbocycles. The molecule has 2 aliphatic rings. The molecule has 3 aromatic rings. The van der Waals surface area contributed by atoms with E-state index in [-0.39, 0.29) is 5.69 Å². The number of carbonyl (C=O) groups excluding carboxylic acids is 3. The van der Waals surface area contributed by atoms with E-state index in [1.165, 1.54) is 31.4 Å². The van der Waals surface area contributed by atoms with E-state index in [1.54, 1.807) is 48.5 Å². The first-order valence-electron chi connectivity index (χ1n) is 10.8. The Morgan fingerprint density at radius 1 is 0.886 bits per heavy atom. The Bertz CT molecular complexity index is 1270. The van der Waals surface area contributed by atoms with E-state index in [2.05, 4.69) is 5.32 Å². The van der Waals surface area contributed by atoms with Gasteiger partial charge in [-0.15, -0.1) is 0 Å². The first-order valence-corrected chi connectivity index (χ1v) is 11.5. The number of methoxy groups -OCH3 is 1. The Balaban J connectivity index is 1.75. The summed E-state index contributed by atoms with van der Waals surface area (Å²) in [5.41, 5.74) is 0.209. The summed E-state index contributed by atoms with van der Waals surface area (Å²) >= 11 is 12.3. The van der Waals surface area contributed by atoms with E-state index in [4.69, 9.17) is 27.9 Å². The Hall–Kier alpha value is -3.26. The van der Waals surface area contributed by atoms with Crippen molar-refractivity contribution in [1.82, 2.24) is 5.32 Å². The van der Waals surface area contributed by atoms with E-state index in [0.717, 1.165) is 4.90 Å². The van der Waals surface area contributed by atoms with Crippen molar-refractivity contribution in [3.05, 3.63) is 99.8 Å². The van der Waals surface area contributed by atoms with Crippen LogP contribution in [-0.4, -0.2) is 30.9 Å². The van der Waals surface area contributed by atoms with Crippen LogP contribution in [-0.2, 0) is 24.7 Å². The number of amides is 2. The number of carbonyl (C=O) groups is 3. The van der Waals surface area contributed by atoms with Gasteiger partial charge >= 0.3 is 5.97 Å². The molecule has 2 aliphatic heterocycles. The average molecular weight is 513 g/mol. The first kappa shape index (κ1) is 23.5. The number of fused-ring (bicyclic) bond motifs is 1. The van der Waals surface area contributed by atoms with Crippen molar-refractivity contribution in [2.75, 3.05) is 12.0 Å². The largest absolute Gasteiger partial charge is 0.468 e. The van der Waals surface area contributed by atoms with Crippen LogP contribution < -0.4 is 10.2 Å². The van der Waals surface area contributed by atoms with Gasteiger partial charge in [-0.25, -0.2) is 9.29 Å². The van der Waals surface area contributed by atoms with Crippen LogP contribution in [0.15, 0.2) is 72.8 Å². The van der Waals surface area contributed by atoms with Gasteiger partial charge in [-0.2, -0.15) is 0 Å². The molecule has 0 spiro atoms. The van der Waals surface area contributed by atoms with E-state index < -0.39 is 47.0 Å². The maximum Gasteiger partial charge on any atom is 0.323 e. The molecule has 0 aromatic heterocycles. The molecule has 0 aliphatic carbocycles. The van der Waals surface area contributed by atoms with Gasteiger partial charge in [-0.3, -0.25) is 19.7 Å². The third-order valence-electron chi connectivity index (χ3n) is 6.70. The predicted octanol–water partition coefficient (Wildman–Crippen LogP) is 4.33. The SMILES string of the molecule is COC(=O)C1NC(c2ccc(Cl)cc2)(c2ccc(Cl)cc2)C2C(=O)N(c3ccc(F)cc3)C(=O)C12. The zero-order valence-electron chi connectivity index (χ0n) is 18.4. The summed E-state index contributed by atoms with van der Waals surface area (Å²) in [5.74, 6) is -4.33. The van der Waals surface area contributed by atoms with Crippen LogP contribution in [0.25, 0.3) is 0 Å². The molecule has 3 unspecified atom stereocenters. The van der Waals surface area contributed by atoms with Crippen LogP contribution in [0, 0.1) is 17.7 Å². The van der Waals surface area contributed by atoms with Gasteiger partial charge < -0.3 is 4.74 Å². The van der Waals surface area contributed by atoms with Gasteiger partial charge in [0.2, 0.25) is 11.8 Å². The van der Waals surface area contributed by atoms with Gasteiger partial charge in [0.25, 0.3) is 0 Å². The topological polar surface area (TPSA) is 75.7 Å². The van der Waals surface area contributed by atoms with Gasteiger partial charge in [0, 0.05) is 10.0 Å². The number of hydrogen-bond acceptors (Lipinski definition) is 5. The minimum absolute atomic E-state index is 0.223. The molecule has 3 atom stereocenters. The van der Waals surface area contributed by atoms with Crippen LogP contribution in [0.2, 0.25) is 10.0 Å². The Kier molecular flexibility index (Phi) is 5.87. The third kappa shape index (κ3) is 3.62. The van der Waals surface area contributed by atoms with Gasteiger partial charge in [0.05, 0.1) is 30.2 Å². The molecule has 5 rings (SSSR count). The van der Waals surface area contributed by atoms with Crippen LogP contribution in [0.3, 0.4) is 0 Å². The van der Waals surface area contributed by atoms with E-state index in [0.29, 0.717) is 21.2 Å².